The van der Waals surface area contributed by atoms with Crippen LogP contribution in [0.3, 0.4) is 0 Å². The minimum absolute atomic E-state index is 0.0113. The highest BCUT2D eigenvalue weighted by Crippen LogP contribution is 2.27. The van der Waals surface area contributed by atoms with Gasteiger partial charge in [-0.25, -0.2) is 9.78 Å². The number of carboxylic acid groups (broad SMARTS) is 1. The lowest BCUT2D eigenvalue weighted by molar-refractivity contribution is 0.0690. The standard InChI is InChI=1S/C12H8Cl2N2O2/c13-7-1-3-10(9(14)5-7)16-8-2-4-11(12(17)18)15-6-8/h1-6,16H,(H,17,18). The van der Waals surface area contributed by atoms with Gasteiger partial charge in [-0.1, -0.05) is 23.2 Å². The highest BCUT2D eigenvalue weighted by atomic mass is 35.5. The molecular weight excluding hydrogens is 275 g/mol. The highest BCUT2D eigenvalue weighted by molar-refractivity contribution is 6.36. The highest BCUT2D eigenvalue weighted by Gasteiger charge is 2.05. The summed E-state index contributed by atoms with van der Waals surface area (Å²) in [5.41, 5.74) is 1.30. The fraction of sp³-hybridized carbons (Fsp3) is 0. The number of anilines is 2. The van der Waals surface area contributed by atoms with Crippen molar-refractivity contribution in [3.63, 3.8) is 0 Å². The Balaban J connectivity index is 2.21. The number of hydrogen-bond acceptors (Lipinski definition) is 3. The molecule has 92 valence electrons. The first-order valence-electron chi connectivity index (χ1n) is 4.97. The number of pyridine rings is 1. The summed E-state index contributed by atoms with van der Waals surface area (Å²) in [5, 5.41) is 12.8. The Kier molecular flexibility index (Phi) is 3.69. The van der Waals surface area contributed by atoms with Crippen LogP contribution in [0.4, 0.5) is 11.4 Å². The average molecular weight is 283 g/mol. The van der Waals surface area contributed by atoms with Crippen LogP contribution < -0.4 is 5.32 Å². The van der Waals surface area contributed by atoms with Crippen LogP contribution in [0.25, 0.3) is 0 Å². The smallest absolute Gasteiger partial charge is 0.354 e. The van der Waals surface area contributed by atoms with Gasteiger partial charge in [0.25, 0.3) is 0 Å². The van der Waals surface area contributed by atoms with Crippen molar-refractivity contribution >= 4 is 40.5 Å². The van der Waals surface area contributed by atoms with Gasteiger partial charge in [-0.05, 0) is 30.3 Å². The van der Waals surface area contributed by atoms with Crippen molar-refractivity contribution in [3.8, 4) is 0 Å². The lowest BCUT2D eigenvalue weighted by atomic mass is 10.3. The molecule has 0 saturated heterocycles. The van der Waals surface area contributed by atoms with E-state index in [2.05, 4.69) is 10.3 Å². The number of carboxylic acids is 1. The van der Waals surface area contributed by atoms with E-state index in [0.29, 0.717) is 21.4 Å². The van der Waals surface area contributed by atoms with Gasteiger partial charge in [0.1, 0.15) is 5.69 Å². The molecule has 1 aromatic heterocycles. The molecule has 2 rings (SSSR count). The molecule has 0 unspecified atom stereocenters. The fourth-order valence-corrected chi connectivity index (χ4v) is 1.80. The first-order valence-corrected chi connectivity index (χ1v) is 5.73. The van der Waals surface area contributed by atoms with Crippen LogP contribution in [0.2, 0.25) is 10.0 Å². The number of nitrogens with one attached hydrogen (secondary N) is 1. The van der Waals surface area contributed by atoms with E-state index in [1.165, 1.54) is 12.3 Å². The van der Waals surface area contributed by atoms with Gasteiger partial charge < -0.3 is 10.4 Å². The van der Waals surface area contributed by atoms with Crippen LogP contribution in [0.15, 0.2) is 36.5 Å². The first-order chi connectivity index (χ1) is 8.56. The van der Waals surface area contributed by atoms with Gasteiger partial charge in [0.15, 0.2) is 0 Å². The molecule has 2 N–H and O–H groups in total. The minimum Gasteiger partial charge on any atom is -0.477 e. The van der Waals surface area contributed by atoms with Crippen LogP contribution >= 0.6 is 23.2 Å². The summed E-state index contributed by atoms with van der Waals surface area (Å²) in [7, 11) is 0. The predicted molar refractivity (Wildman–Crippen MR) is 70.9 cm³/mol. The lowest BCUT2D eigenvalue weighted by Gasteiger charge is -2.08. The van der Waals surface area contributed by atoms with Crippen LogP contribution in [-0.2, 0) is 0 Å². The first kappa shape index (κ1) is 12.7. The molecule has 6 heteroatoms. The molecule has 2 aromatic rings. The Morgan fingerprint density at radius 2 is 2.00 bits per heavy atom. The molecule has 0 saturated carbocycles. The van der Waals surface area contributed by atoms with Crippen LogP contribution in [-0.4, -0.2) is 16.1 Å². The predicted octanol–water partition coefficient (Wildman–Crippen LogP) is 3.83. The third kappa shape index (κ3) is 2.91. The molecule has 18 heavy (non-hydrogen) atoms. The summed E-state index contributed by atoms with van der Waals surface area (Å²) in [6.07, 6.45) is 1.42. The van der Waals surface area contributed by atoms with Crippen molar-refractivity contribution < 1.29 is 9.90 Å². The van der Waals surface area contributed by atoms with Crippen molar-refractivity contribution in [2.45, 2.75) is 0 Å². The summed E-state index contributed by atoms with van der Waals surface area (Å²) in [5.74, 6) is -1.06. The van der Waals surface area contributed by atoms with Crippen molar-refractivity contribution in [1.29, 1.82) is 0 Å². The number of carbonyl (C=O) groups is 1. The van der Waals surface area contributed by atoms with E-state index in [4.69, 9.17) is 28.3 Å². The zero-order chi connectivity index (χ0) is 13.1. The number of halogens is 2. The zero-order valence-corrected chi connectivity index (χ0v) is 10.5. The molecule has 0 atom stereocenters. The fourth-order valence-electron chi connectivity index (χ4n) is 1.34. The van der Waals surface area contributed by atoms with Gasteiger partial charge in [0, 0.05) is 5.02 Å². The molecule has 0 amide bonds. The number of nitrogens with zero attached hydrogens (tertiary/aromatic N) is 1. The van der Waals surface area contributed by atoms with Gasteiger partial charge in [0.2, 0.25) is 0 Å². The van der Waals surface area contributed by atoms with Crippen molar-refractivity contribution in [2.24, 2.45) is 0 Å². The summed E-state index contributed by atoms with van der Waals surface area (Å²) in [6.45, 7) is 0. The molecule has 1 heterocycles. The van der Waals surface area contributed by atoms with E-state index in [0.717, 1.165) is 0 Å². The van der Waals surface area contributed by atoms with Gasteiger partial charge in [-0.3, -0.25) is 0 Å². The number of hydrogen-bond donors (Lipinski definition) is 2. The molecule has 1 aromatic carbocycles. The Hall–Kier alpha value is -1.78. The normalized spacial score (nSPS) is 10.1. The summed E-state index contributed by atoms with van der Waals surface area (Å²) < 4.78 is 0. The maximum absolute atomic E-state index is 10.6. The maximum Gasteiger partial charge on any atom is 0.354 e. The molecule has 0 radical (unpaired) electrons. The van der Waals surface area contributed by atoms with Crippen LogP contribution in [0.1, 0.15) is 10.5 Å². The van der Waals surface area contributed by atoms with E-state index in [1.54, 1.807) is 24.3 Å². The van der Waals surface area contributed by atoms with Gasteiger partial charge in [-0.2, -0.15) is 0 Å². The van der Waals surface area contributed by atoms with Gasteiger partial charge in [0.05, 0.1) is 22.6 Å². The molecule has 0 aliphatic carbocycles. The second-order valence-electron chi connectivity index (χ2n) is 3.49. The SMILES string of the molecule is O=C(O)c1ccc(Nc2ccc(Cl)cc2Cl)cn1. The van der Waals surface area contributed by atoms with Gasteiger partial charge >= 0.3 is 5.97 Å². The quantitative estimate of drug-likeness (QED) is 0.898. The van der Waals surface area contributed by atoms with Crippen molar-refractivity contribution in [2.75, 3.05) is 5.32 Å². The van der Waals surface area contributed by atoms with Gasteiger partial charge in [-0.15, -0.1) is 0 Å². The minimum atomic E-state index is -1.06. The Morgan fingerprint density at radius 1 is 1.22 bits per heavy atom. The number of aromatic carboxylic acids is 1. The second-order valence-corrected chi connectivity index (χ2v) is 4.33. The monoisotopic (exact) mass is 282 g/mol. The molecule has 0 fully saturated rings. The zero-order valence-electron chi connectivity index (χ0n) is 9.02. The maximum atomic E-state index is 10.6. The summed E-state index contributed by atoms with van der Waals surface area (Å²) >= 11 is 11.8. The third-order valence-corrected chi connectivity index (χ3v) is 2.74. The van der Waals surface area contributed by atoms with E-state index >= 15 is 0 Å². The van der Waals surface area contributed by atoms with Crippen molar-refractivity contribution in [1.82, 2.24) is 4.98 Å². The van der Waals surface area contributed by atoms with E-state index in [1.807, 2.05) is 0 Å². The van der Waals surface area contributed by atoms with Crippen molar-refractivity contribution in [3.05, 3.63) is 52.3 Å². The summed E-state index contributed by atoms with van der Waals surface area (Å²) in [4.78, 5) is 14.4. The molecule has 0 aliphatic heterocycles. The Labute approximate surface area is 113 Å². The second kappa shape index (κ2) is 5.25. The largest absolute Gasteiger partial charge is 0.477 e. The Bertz CT molecular complexity index is 585. The number of benzene rings is 1. The third-order valence-electron chi connectivity index (χ3n) is 2.19. The molecule has 0 spiro atoms. The summed E-state index contributed by atoms with van der Waals surface area (Å²) in [6, 6.07) is 8.07. The average Bonchev–Trinajstić information content (AvgIpc) is 2.33. The molecule has 0 aliphatic rings. The van der Waals surface area contributed by atoms with Crippen LogP contribution in [0, 0.1) is 0 Å². The molecular formula is C12H8Cl2N2O2. The molecule has 4 nitrogen and oxygen atoms in total. The Morgan fingerprint density at radius 3 is 2.56 bits per heavy atom. The number of aromatic nitrogens is 1. The lowest BCUT2D eigenvalue weighted by Crippen LogP contribution is -2.00. The number of rotatable bonds is 3. The van der Waals surface area contributed by atoms with E-state index in [9.17, 15) is 4.79 Å². The van der Waals surface area contributed by atoms with E-state index in [-0.39, 0.29) is 5.69 Å². The van der Waals surface area contributed by atoms with Crippen LogP contribution in [0.5, 0.6) is 0 Å². The molecule has 0 bridgehead atoms. The topological polar surface area (TPSA) is 62.2 Å². The van der Waals surface area contributed by atoms with E-state index < -0.39 is 5.97 Å².